The summed E-state index contributed by atoms with van der Waals surface area (Å²) in [7, 11) is 1.88. The van der Waals surface area contributed by atoms with Gasteiger partial charge >= 0.3 is 0 Å². The second-order valence-corrected chi connectivity index (χ2v) is 2.61. The van der Waals surface area contributed by atoms with Gasteiger partial charge in [0.15, 0.2) is 0 Å². The van der Waals surface area contributed by atoms with Crippen LogP contribution in [0.5, 0.6) is 0 Å². The Labute approximate surface area is 65.3 Å². The van der Waals surface area contributed by atoms with Crippen LogP contribution in [0.4, 0.5) is 5.69 Å². The Hall–Kier alpha value is -0.830. The van der Waals surface area contributed by atoms with Crippen LogP contribution in [0, 0.1) is 11.6 Å². The number of hydrogen-bond donors (Lipinski definition) is 2. The fourth-order valence-corrected chi connectivity index (χ4v) is 1.11. The SMILES string of the molecule is CNc1cc(C)[nH]c(=S)c1. The third kappa shape index (κ3) is 1.57. The average molecular weight is 154 g/mol. The Morgan fingerprint density at radius 1 is 1.50 bits per heavy atom. The van der Waals surface area contributed by atoms with Crippen LogP contribution in [0.1, 0.15) is 5.69 Å². The molecule has 0 aliphatic carbocycles. The molecule has 0 amide bonds. The summed E-state index contributed by atoms with van der Waals surface area (Å²) in [5.74, 6) is 0. The molecule has 54 valence electrons. The fraction of sp³-hybridized carbons (Fsp3) is 0.286. The van der Waals surface area contributed by atoms with Crippen LogP contribution in [-0.2, 0) is 0 Å². The minimum absolute atomic E-state index is 0.768. The summed E-state index contributed by atoms with van der Waals surface area (Å²) in [6.45, 7) is 1.98. The highest BCUT2D eigenvalue weighted by atomic mass is 32.1. The summed E-state index contributed by atoms with van der Waals surface area (Å²) in [5, 5.41) is 3.02. The first-order valence-electron chi connectivity index (χ1n) is 3.11. The highest BCUT2D eigenvalue weighted by Crippen LogP contribution is 2.06. The molecule has 0 aliphatic heterocycles. The lowest BCUT2D eigenvalue weighted by molar-refractivity contribution is 1.18. The normalized spacial score (nSPS) is 9.40. The second kappa shape index (κ2) is 2.84. The van der Waals surface area contributed by atoms with E-state index in [1.807, 2.05) is 26.1 Å². The molecule has 1 heterocycles. The number of aromatic nitrogens is 1. The van der Waals surface area contributed by atoms with Crippen LogP contribution in [0.25, 0.3) is 0 Å². The molecule has 2 nitrogen and oxygen atoms in total. The first kappa shape index (κ1) is 7.28. The Kier molecular flexibility index (Phi) is 2.06. The van der Waals surface area contributed by atoms with Crippen LogP contribution in [-0.4, -0.2) is 12.0 Å². The number of aromatic amines is 1. The number of hydrogen-bond acceptors (Lipinski definition) is 2. The van der Waals surface area contributed by atoms with Crippen molar-refractivity contribution >= 4 is 17.9 Å². The molecule has 0 atom stereocenters. The maximum atomic E-state index is 4.96. The Morgan fingerprint density at radius 3 is 2.70 bits per heavy atom. The van der Waals surface area contributed by atoms with E-state index in [-0.39, 0.29) is 0 Å². The van der Waals surface area contributed by atoms with Crippen molar-refractivity contribution in [3.05, 3.63) is 22.5 Å². The molecular formula is C7H10N2S. The average Bonchev–Trinajstić information content (AvgIpc) is 1.85. The standard InChI is InChI=1S/C7H10N2S/c1-5-3-6(8-2)4-7(10)9-5/h3-4H,1-2H3,(H2,8,9,10). The predicted octanol–water partition coefficient (Wildman–Crippen LogP) is 2.09. The van der Waals surface area contributed by atoms with Gasteiger partial charge < -0.3 is 10.3 Å². The van der Waals surface area contributed by atoms with Crippen LogP contribution in [0.15, 0.2) is 12.1 Å². The summed E-state index contributed by atoms with van der Waals surface area (Å²) in [4.78, 5) is 3.02. The fourth-order valence-electron chi connectivity index (χ4n) is 0.827. The molecule has 0 saturated carbocycles. The van der Waals surface area contributed by atoms with Crippen molar-refractivity contribution in [3.63, 3.8) is 0 Å². The minimum Gasteiger partial charge on any atom is -0.388 e. The van der Waals surface area contributed by atoms with E-state index in [0.717, 1.165) is 16.0 Å². The van der Waals surface area contributed by atoms with Crippen LogP contribution in [0.3, 0.4) is 0 Å². The summed E-state index contributed by atoms with van der Waals surface area (Å²) < 4.78 is 0.768. The molecule has 3 heteroatoms. The van der Waals surface area contributed by atoms with Gasteiger partial charge in [0.2, 0.25) is 0 Å². The third-order valence-corrected chi connectivity index (χ3v) is 1.49. The smallest absolute Gasteiger partial charge is 0.105 e. The van der Waals surface area contributed by atoms with Crippen molar-refractivity contribution in [2.45, 2.75) is 6.92 Å². The molecular weight excluding hydrogens is 144 g/mol. The lowest BCUT2D eigenvalue weighted by Crippen LogP contribution is -1.90. The summed E-state index contributed by atoms with van der Waals surface area (Å²) in [5.41, 5.74) is 2.14. The maximum absolute atomic E-state index is 4.96. The molecule has 0 spiro atoms. The van der Waals surface area contributed by atoms with Gasteiger partial charge in [-0.15, -0.1) is 0 Å². The molecule has 2 N–H and O–H groups in total. The topological polar surface area (TPSA) is 27.8 Å². The Bertz CT molecular complexity index is 277. The van der Waals surface area contributed by atoms with Crippen LogP contribution < -0.4 is 5.32 Å². The molecule has 0 bridgehead atoms. The van der Waals surface area contributed by atoms with Gasteiger partial charge in [-0.2, -0.15) is 0 Å². The van der Waals surface area contributed by atoms with E-state index in [9.17, 15) is 0 Å². The van der Waals surface area contributed by atoms with E-state index >= 15 is 0 Å². The summed E-state index contributed by atoms with van der Waals surface area (Å²) in [6.07, 6.45) is 0. The van der Waals surface area contributed by atoms with Crippen molar-refractivity contribution in [1.82, 2.24) is 4.98 Å². The molecule has 0 fully saturated rings. The first-order chi connectivity index (χ1) is 4.72. The van der Waals surface area contributed by atoms with Crippen molar-refractivity contribution in [2.24, 2.45) is 0 Å². The third-order valence-electron chi connectivity index (χ3n) is 1.27. The molecule has 0 saturated heterocycles. The summed E-state index contributed by atoms with van der Waals surface area (Å²) in [6, 6.07) is 3.90. The largest absolute Gasteiger partial charge is 0.388 e. The van der Waals surface area contributed by atoms with Gasteiger partial charge in [-0.1, -0.05) is 12.2 Å². The second-order valence-electron chi connectivity index (χ2n) is 2.17. The molecule has 0 radical (unpaired) electrons. The predicted molar refractivity (Wildman–Crippen MR) is 45.9 cm³/mol. The number of anilines is 1. The highest BCUT2D eigenvalue weighted by Gasteiger charge is 1.88. The molecule has 0 aromatic carbocycles. The lowest BCUT2D eigenvalue weighted by Gasteiger charge is -1.99. The van der Waals surface area contributed by atoms with Crippen molar-refractivity contribution in [3.8, 4) is 0 Å². The quantitative estimate of drug-likeness (QED) is 0.606. The number of rotatable bonds is 1. The Balaban J connectivity index is 3.19. The van der Waals surface area contributed by atoms with E-state index in [2.05, 4.69) is 10.3 Å². The number of pyridine rings is 1. The molecule has 0 aliphatic rings. The van der Waals surface area contributed by atoms with E-state index in [0.29, 0.717) is 0 Å². The van der Waals surface area contributed by atoms with Gasteiger partial charge in [-0.05, 0) is 19.1 Å². The van der Waals surface area contributed by atoms with Crippen molar-refractivity contribution in [1.29, 1.82) is 0 Å². The Morgan fingerprint density at radius 2 is 2.20 bits per heavy atom. The summed E-state index contributed by atoms with van der Waals surface area (Å²) >= 11 is 4.96. The molecule has 1 aromatic rings. The number of H-pyrrole nitrogens is 1. The highest BCUT2D eigenvalue weighted by molar-refractivity contribution is 7.71. The van der Waals surface area contributed by atoms with E-state index < -0.39 is 0 Å². The van der Waals surface area contributed by atoms with Gasteiger partial charge in [-0.25, -0.2) is 0 Å². The number of nitrogens with one attached hydrogen (secondary N) is 2. The zero-order valence-electron chi connectivity index (χ0n) is 6.06. The monoisotopic (exact) mass is 154 g/mol. The van der Waals surface area contributed by atoms with Crippen molar-refractivity contribution < 1.29 is 0 Å². The maximum Gasteiger partial charge on any atom is 0.105 e. The van der Waals surface area contributed by atoms with E-state index in [1.54, 1.807) is 0 Å². The zero-order chi connectivity index (χ0) is 7.56. The van der Waals surface area contributed by atoms with Crippen LogP contribution >= 0.6 is 12.2 Å². The zero-order valence-corrected chi connectivity index (χ0v) is 6.88. The van der Waals surface area contributed by atoms with E-state index in [4.69, 9.17) is 12.2 Å². The molecule has 10 heavy (non-hydrogen) atoms. The number of aryl methyl sites for hydroxylation is 1. The minimum atomic E-state index is 0.768. The van der Waals surface area contributed by atoms with Gasteiger partial charge in [-0.3, -0.25) is 0 Å². The van der Waals surface area contributed by atoms with Gasteiger partial charge in [0, 0.05) is 18.4 Å². The molecule has 0 unspecified atom stereocenters. The van der Waals surface area contributed by atoms with Gasteiger partial charge in [0.25, 0.3) is 0 Å². The first-order valence-corrected chi connectivity index (χ1v) is 3.52. The van der Waals surface area contributed by atoms with Crippen molar-refractivity contribution in [2.75, 3.05) is 12.4 Å². The van der Waals surface area contributed by atoms with Gasteiger partial charge in [0.05, 0.1) is 0 Å². The van der Waals surface area contributed by atoms with E-state index in [1.165, 1.54) is 0 Å². The molecule has 1 rings (SSSR count). The molecule has 1 aromatic heterocycles. The lowest BCUT2D eigenvalue weighted by atomic mass is 10.3. The van der Waals surface area contributed by atoms with Gasteiger partial charge in [0.1, 0.15) is 4.64 Å². The van der Waals surface area contributed by atoms with Crippen LogP contribution in [0.2, 0.25) is 0 Å².